The number of ether oxygens (including phenoxy) is 4. The third-order valence-corrected chi connectivity index (χ3v) is 4.57. The number of hydrogen-bond donors (Lipinski definition) is 1. The highest BCUT2D eigenvalue weighted by atomic mass is 16.6. The Morgan fingerprint density at radius 2 is 1.44 bits per heavy atom. The maximum absolute atomic E-state index is 13.0. The summed E-state index contributed by atoms with van der Waals surface area (Å²) in [5.41, 5.74) is 1.28. The van der Waals surface area contributed by atoms with E-state index in [0.717, 1.165) is 0 Å². The van der Waals surface area contributed by atoms with Gasteiger partial charge in [0.2, 0.25) is 0 Å². The summed E-state index contributed by atoms with van der Waals surface area (Å²) in [6.45, 7) is 6.65. The smallest absolute Gasteiger partial charge is 0.337 e. The molecule has 0 saturated carbocycles. The number of rotatable bonds is 9. The maximum Gasteiger partial charge on any atom is 0.337 e. The van der Waals surface area contributed by atoms with E-state index in [0.29, 0.717) is 22.7 Å². The standard InChI is InChI=1S/C23H26N2O7/c1-5-29-21(26)18-14(3)25-15(4)19(22(27)30-6-2)20(18)23(28)32-12-11-31-17-9-7-16(13-24)8-10-17/h7-10,20,25H,5-6,11-12H2,1-4H3. The Hall–Kier alpha value is -3.80. The van der Waals surface area contributed by atoms with Gasteiger partial charge in [0, 0.05) is 11.4 Å². The van der Waals surface area contributed by atoms with Gasteiger partial charge in [-0.2, -0.15) is 5.26 Å². The first kappa shape index (κ1) is 24.5. The largest absolute Gasteiger partial charge is 0.490 e. The second-order valence-corrected chi connectivity index (χ2v) is 6.73. The number of esters is 3. The second-order valence-electron chi connectivity index (χ2n) is 6.73. The van der Waals surface area contributed by atoms with E-state index in [4.69, 9.17) is 24.2 Å². The summed E-state index contributed by atoms with van der Waals surface area (Å²) in [4.78, 5) is 38.1. The molecular weight excluding hydrogens is 416 g/mol. The summed E-state index contributed by atoms with van der Waals surface area (Å²) in [7, 11) is 0. The molecule has 1 aromatic carbocycles. The van der Waals surface area contributed by atoms with Gasteiger partial charge in [-0.05, 0) is 52.0 Å². The quantitative estimate of drug-likeness (QED) is 0.349. The number of nitrogens with one attached hydrogen (secondary N) is 1. The molecule has 0 saturated heterocycles. The molecule has 0 unspecified atom stereocenters. The lowest BCUT2D eigenvalue weighted by Gasteiger charge is -2.28. The van der Waals surface area contributed by atoms with Gasteiger partial charge in [0.25, 0.3) is 0 Å². The van der Waals surface area contributed by atoms with Crippen molar-refractivity contribution in [2.45, 2.75) is 27.7 Å². The highest BCUT2D eigenvalue weighted by molar-refractivity contribution is 6.05. The number of carbonyl (C=O) groups excluding carboxylic acids is 3. The van der Waals surface area contributed by atoms with Crippen LogP contribution in [-0.4, -0.2) is 44.3 Å². The van der Waals surface area contributed by atoms with E-state index in [1.165, 1.54) is 0 Å². The van der Waals surface area contributed by atoms with Gasteiger partial charge in [-0.15, -0.1) is 0 Å². The van der Waals surface area contributed by atoms with Crippen molar-refractivity contribution >= 4 is 17.9 Å². The molecule has 0 fully saturated rings. The van der Waals surface area contributed by atoms with Crippen molar-refractivity contribution in [3.8, 4) is 11.8 Å². The Labute approximate surface area is 186 Å². The Kier molecular flexibility index (Phi) is 8.83. The topological polar surface area (TPSA) is 124 Å². The lowest BCUT2D eigenvalue weighted by Crippen LogP contribution is -2.38. The van der Waals surface area contributed by atoms with E-state index >= 15 is 0 Å². The van der Waals surface area contributed by atoms with Gasteiger partial charge in [-0.3, -0.25) is 4.79 Å². The number of nitrogens with zero attached hydrogens (tertiary/aromatic N) is 1. The van der Waals surface area contributed by atoms with Crippen LogP contribution in [0.4, 0.5) is 0 Å². The number of dihydropyridines is 1. The molecule has 32 heavy (non-hydrogen) atoms. The average molecular weight is 442 g/mol. The van der Waals surface area contributed by atoms with Crippen LogP contribution in [0.2, 0.25) is 0 Å². The zero-order valence-corrected chi connectivity index (χ0v) is 18.5. The SMILES string of the molecule is CCOC(=O)C1=C(C)NC(C)=C(C(=O)OCC)C1C(=O)OCCOc1ccc(C#N)cc1. The highest BCUT2D eigenvalue weighted by Gasteiger charge is 2.42. The Balaban J connectivity index is 2.17. The van der Waals surface area contributed by atoms with Crippen molar-refractivity contribution in [3.05, 3.63) is 52.4 Å². The molecule has 1 aliphatic rings. The molecule has 0 radical (unpaired) electrons. The minimum absolute atomic E-state index is 0.00138. The summed E-state index contributed by atoms with van der Waals surface area (Å²) < 4.78 is 21.0. The number of carbonyl (C=O) groups is 3. The Morgan fingerprint density at radius 1 is 0.906 bits per heavy atom. The van der Waals surface area contributed by atoms with Crippen LogP contribution in [-0.2, 0) is 28.6 Å². The van der Waals surface area contributed by atoms with Crippen molar-refractivity contribution in [2.24, 2.45) is 5.92 Å². The van der Waals surface area contributed by atoms with Crippen LogP contribution in [0.15, 0.2) is 46.8 Å². The van der Waals surface area contributed by atoms with E-state index in [2.05, 4.69) is 5.32 Å². The van der Waals surface area contributed by atoms with E-state index in [1.807, 2.05) is 6.07 Å². The zero-order valence-electron chi connectivity index (χ0n) is 18.5. The average Bonchev–Trinajstić information content (AvgIpc) is 2.76. The van der Waals surface area contributed by atoms with Crippen molar-refractivity contribution in [1.82, 2.24) is 5.32 Å². The molecule has 0 bridgehead atoms. The predicted octanol–water partition coefficient (Wildman–Crippen LogP) is 2.37. The van der Waals surface area contributed by atoms with Crippen molar-refractivity contribution in [1.29, 1.82) is 5.26 Å². The molecule has 1 N–H and O–H groups in total. The molecule has 0 atom stereocenters. The Morgan fingerprint density at radius 3 is 1.91 bits per heavy atom. The van der Waals surface area contributed by atoms with Gasteiger partial charge in [-0.1, -0.05) is 0 Å². The normalized spacial score (nSPS) is 13.7. The van der Waals surface area contributed by atoms with Gasteiger partial charge in [-0.25, -0.2) is 9.59 Å². The predicted molar refractivity (Wildman–Crippen MR) is 113 cm³/mol. The summed E-state index contributed by atoms with van der Waals surface area (Å²) >= 11 is 0. The maximum atomic E-state index is 13.0. The van der Waals surface area contributed by atoms with E-state index in [9.17, 15) is 14.4 Å². The zero-order chi connectivity index (χ0) is 23.7. The number of hydrogen-bond acceptors (Lipinski definition) is 9. The molecule has 9 heteroatoms. The minimum Gasteiger partial charge on any atom is -0.490 e. The molecule has 0 aliphatic carbocycles. The van der Waals surface area contributed by atoms with E-state index < -0.39 is 23.8 Å². The molecule has 2 rings (SSSR count). The van der Waals surface area contributed by atoms with Gasteiger partial charge in [0.05, 0.1) is 36.0 Å². The van der Waals surface area contributed by atoms with Crippen molar-refractivity contribution in [3.63, 3.8) is 0 Å². The second kappa shape index (κ2) is 11.6. The van der Waals surface area contributed by atoms with Gasteiger partial charge < -0.3 is 24.3 Å². The Bertz CT molecular complexity index is 931. The first-order valence-electron chi connectivity index (χ1n) is 10.2. The summed E-state index contributed by atoms with van der Waals surface area (Å²) in [5.74, 6) is -3.01. The molecule has 9 nitrogen and oxygen atoms in total. The number of allylic oxidation sites excluding steroid dienone is 2. The monoisotopic (exact) mass is 442 g/mol. The van der Waals surface area contributed by atoms with Crippen LogP contribution < -0.4 is 10.1 Å². The molecule has 1 aromatic rings. The van der Waals surface area contributed by atoms with Crippen molar-refractivity contribution in [2.75, 3.05) is 26.4 Å². The highest BCUT2D eigenvalue weighted by Crippen LogP contribution is 2.32. The van der Waals surface area contributed by atoms with Gasteiger partial charge in [0.15, 0.2) is 0 Å². The first-order chi connectivity index (χ1) is 15.3. The van der Waals surface area contributed by atoms with Gasteiger partial charge in [0.1, 0.15) is 24.9 Å². The van der Waals surface area contributed by atoms with Crippen molar-refractivity contribution < 1.29 is 33.3 Å². The van der Waals surface area contributed by atoms with Crippen LogP contribution in [0.3, 0.4) is 0 Å². The van der Waals surface area contributed by atoms with Crippen LogP contribution >= 0.6 is 0 Å². The van der Waals surface area contributed by atoms with E-state index in [-0.39, 0.29) is 37.6 Å². The molecule has 0 spiro atoms. The molecule has 170 valence electrons. The fourth-order valence-corrected chi connectivity index (χ4v) is 3.20. The molecular formula is C23H26N2O7. The molecule has 0 aromatic heterocycles. The lowest BCUT2D eigenvalue weighted by molar-refractivity contribution is -0.152. The minimum atomic E-state index is -1.29. The van der Waals surface area contributed by atoms with Gasteiger partial charge >= 0.3 is 17.9 Å². The summed E-state index contributed by atoms with van der Waals surface area (Å²) in [6, 6.07) is 8.48. The van der Waals surface area contributed by atoms with Crippen LogP contribution in [0.25, 0.3) is 0 Å². The third kappa shape index (κ3) is 5.88. The summed E-state index contributed by atoms with van der Waals surface area (Å²) in [5, 5.41) is 11.8. The molecule has 0 amide bonds. The van der Waals surface area contributed by atoms with E-state index in [1.54, 1.807) is 52.0 Å². The molecule has 1 aliphatic heterocycles. The number of benzene rings is 1. The number of nitriles is 1. The summed E-state index contributed by atoms with van der Waals surface area (Å²) in [6.07, 6.45) is 0. The third-order valence-electron chi connectivity index (χ3n) is 4.57. The van der Waals surface area contributed by atoms with Crippen LogP contribution in [0.5, 0.6) is 5.75 Å². The fraction of sp³-hybridized carbons (Fsp3) is 0.391. The fourth-order valence-electron chi connectivity index (χ4n) is 3.20. The lowest BCUT2D eigenvalue weighted by atomic mass is 9.85. The molecule has 1 heterocycles. The first-order valence-corrected chi connectivity index (χ1v) is 10.2. The van der Waals surface area contributed by atoms with Crippen LogP contribution in [0, 0.1) is 17.2 Å². The van der Waals surface area contributed by atoms with Crippen LogP contribution in [0.1, 0.15) is 33.3 Å².